The molecule has 0 N–H and O–H groups in total. The summed E-state index contributed by atoms with van der Waals surface area (Å²) in [5.41, 5.74) is -0.896. The van der Waals surface area contributed by atoms with E-state index in [0.717, 1.165) is 6.07 Å². The highest BCUT2D eigenvalue weighted by Crippen LogP contribution is 2.32. The maximum Gasteiger partial charge on any atom is 0.387 e. The van der Waals surface area contributed by atoms with Crippen LogP contribution >= 0.6 is 11.6 Å². The largest absolute Gasteiger partial charge is 0.433 e. The quantitative estimate of drug-likeness (QED) is 0.609. The predicted octanol–water partition coefficient (Wildman–Crippen LogP) is 2.72. The number of halogens is 3. The Morgan fingerprint density at radius 3 is 2.62 bits per heavy atom. The zero-order valence-corrected chi connectivity index (χ0v) is 8.24. The van der Waals surface area contributed by atoms with Crippen LogP contribution in [0, 0.1) is 21.4 Å². The molecular weight excluding hydrogens is 246 g/mol. The number of alkyl halides is 2. The topological polar surface area (TPSA) is 76.2 Å². The second-order valence-corrected chi connectivity index (χ2v) is 2.95. The molecule has 0 saturated heterocycles. The smallest absolute Gasteiger partial charge is 0.387 e. The van der Waals surface area contributed by atoms with E-state index in [-0.39, 0.29) is 10.6 Å². The van der Waals surface area contributed by atoms with Gasteiger partial charge in [0.15, 0.2) is 5.75 Å². The summed E-state index contributed by atoms with van der Waals surface area (Å²) in [5.74, 6) is -0.575. The van der Waals surface area contributed by atoms with E-state index < -0.39 is 23.0 Å². The maximum atomic E-state index is 11.9. The lowest BCUT2D eigenvalue weighted by atomic mass is 10.2. The molecule has 1 aromatic carbocycles. The Balaban J connectivity index is 3.30. The number of nitrogens with zero attached hydrogens (tertiary/aromatic N) is 2. The van der Waals surface area contributed by atoms with Gasteiger partial charge in [0, 0.05) is 0 Å². The number of hydrogen-bond donors (Lipinski definition) is 0. The van der Waals surface area contributed by atoms with Crippen molar-refractivity contribution in [2.45, 2.75) is 6.61 Å². The van der Waals surface area contributed by atoms with Gasteiger partial charge in [-0.15, -0.1) is 0 Å². The first-order valence-corrected chi connectivity index (χ1v) is 4.16. The van der Waals surface area contributed by atoms with Crippen molar-refractivity contribution in [2.24, 2.45) is 0 Å². The lowest BCUT2D eigenvalue weighted by Crippen LogP contribution is -2.04. The molecule has 0 aromatic heterocycles. The number of hydrogen-bond acceptors (Lipinski definition) is 4. The van der Waals surface area contributed by atoms with E-state index in [1.165, 1.54) is 0 Å². The van der Waals surface area contributed by atoms with E-state index >= 15 is 0 Å². The van der Waals surface area contributed by atoms with E-state index in [4.69, 9.17) is 16.9 Å². The second-order valence-electron chi connectivity index (χ2n) is 2.55. The first kappa shape index (κ1) is 12.1. The van der Waals surface area contributed by atoms with Crippen molar-refractivity contribution in [3.8, 4) is 11.8 Å². The fourth-order valence-electron chi connectivity index (χ4n) is 0.963. The molecule has 0 aliphatic rings. The lowest BCUT2D eigenvalue weighted by Gasteiger charge is -2.06. The molecule has 1 aromatic rings. The molecule has 0 amide bonds. The van der Waals surface area contributed by atoms with Crippen molar-refractivity contribution in [3.63, 3.8) is 0 Å². The molecule has 0 fully saturated rings. The summed E-state index contributed by atoms with van der Waals surface area (Å²) in [5, 5.41) is 18.7. The van der Waals surface area contributed by atoms with E-state index in [1.807, 2.05) is 0 Å². The van der Waals surface area contributed by atoms with Crippen LogP contribution in [0.15, 0.2) is 12.1 Å². The molecule has 84 valence electrons. The highest BCUT2D eigenvalue weighted by molar-refractivity contribution is 6.32. The Bertz CT molecular complexity index is 473. The van der Waals surface area contributed by atoms with Gasteiger partial charge in [-0.2, -0.15) is 14.0 Å². The van der Waals surface area contributed by atoms with Crippen LogP contribution in [0.2, 0.25) is 5.02 Å². The minimum atomic E-state index is -3.17. The van der Waals surface area contributed by atoms with Gasteiger partial charge in [0.2, 0.25) is 0 Å². The number of nitro groups is 1. The molecule has 0 bridgehead atoms. The van der Waals surface area contributed by atoms with Crippen LogP contribution in [0.3, 0.4) is 0 Å². The summed E-state index contributed by atoms with van der Waals surface area (Å²) in [7, 11) is 0. The van der Waals surface area contributed by atoms with Gasteiger partial charge in [-0.05, 0) is 6.07 Å². The third kappa shape index (κ3) is 2.55. The monoisotopic (exact) mass is 248 g/mol. The third-order valence-electron chi connectivity index (χ3n) is 1.58. The van der Waals surface area contributed by atoms with Crippen molar-refractivity contribution in [1.29, 1.82) is 5.26 Å². The zero-order chi connectivity index (χ0) is 12.3. The summed E-state index contributed by atoms with van der Waals surface area (Å²) in [4.78, 5) is 9.60. The van der Waals surface area contributed by atoms with Crippen LogP contribution in [0.5, 0.6) is 5.75 Å². The van der Waals surface area contributed by atoms with Crippen LogP contribution in [-0.4, -0.2) is 11.5 Å². The van der Waals surface area contributed by atoms with Crippen molar-refractivity contribution >= 4 is 17.3 Å². The van der Waals surface area contributed by atoms with Crippen LogP contribution < -0.4 is 4.74 Å². The summed E-state index contributed by atoms with van der Waals surface area (Å²) in [6.45, 7) is -3.17. The van der Waals surface area contributed by atoms with Gasteiger partial charge in [-0.1, -0.05) is 11.6 Å². The minimum Gasteiger partial charge on any atom is -0.433 e. The minimum absolute atomic E-state index is 0.295. The molecular formula is C8H3ClF2N2O3. The third-order valence-corrected chi connectivity index (χ3v) is 1.88. The lowest BCUT2D eigenvalue weighted by molar-refractivity contribution is -0.384. The number of rotatable bonds is 3. The molecule has 0 aliphatic carbocycles. The average Bonchev–Trinajstić information content (AvgIpc) is 2.18. The van der Waals surface area contributed by atoms with Crippen LogP contribution in [0.25, 0.3) is 0 Å². The Labute approximate surface area is 93.0 Å². The van der Waals surface area contributed by atoms with Crippen molar-refractivity contribution < 1.29 is 18.4 Å². The van der Waals surface area contributed by atoms with E-state index in [2.05, 4.69) is 4.74 Å². The molecule has 16 heavy (non-hydrogen) atoms. The van der Waals surface area contributed by atoms with Crippen molar-refractivity contribution in [1.82, 2.24) is 0 Å². The summed E-state index contributed by atoms with van der Waals surface area (Å²) in [6.07, 6.45) is 0. The fourth-order valence-corrected chi connectivity index (χ4v) is 1.20. The number of nitro benzene ring substituents is 1. The molecule has 0 aliphatic heterocycles. The molecule has 5 nitrogen and oxygen atoms in total. The Morgan fingerprint density at radius 2 is 2.19 bits per heavy atom. The Hall–Kier alpha value is -1.94. The molecule has 0 heterocycles. The Morgan fingerprint density at radius 1 is 1.56 bits per heavy atom. The highest BCUT2D eigenvalue weighted by atomic mass is 35.5. The normalized spacial score (nSPS) is 9.94. The predicted molar refractivity (Wildman–Crippen MR) is 49.5 cm³/mol. The first-order chi connectivity index (χ1) is 7.45. The van der Waals surface area contributed by atoms with Gasteiger partial charge in [0.25, 0.3) is 5.69 Å². The van der Waals surface area contributed by atoms with Crippen LogP contribution in [-0.2, 0) is 0 Å². The first-order valence-electron chi connectivity index (χ1n) is 3.78. The summed E-state index contributed by atoms with van der Waals surface area (Å²) < 4.78 is 27.8. The van der Waals surface area contributed by atoms with Crippen LogP contribution in [0.1, 0.15) is 5.56 Å². The van der Waals surface area contributed by atoms with Gasteiger partial charge in [-0.3, -0.25) is 10.1 Å². The molecule has 8 heteroatoms. The van der Waals surface area contributed by atoms with Gasteiger partial charge >= 0.3 is 6.61 Å². The summed E-state index contributed by atoms with van der Waals surface area (Å²) in [6, 6.07) is 3.13. The van der Waals surface area contributed by atoms with Gasteiger partial charge < -0.3 is 4.74 Å². The van der Waals surface area contributed by atoms with Gasteiger partial charge in [0.1, 0.15) is 11.1 Å². The SMILES string of the molecule is N#Cc1cc(Cl)c([N+](=O)[O-])cc1OC(F)F. The van der Waals surface area contributed by atoms with Gasteiger partial charge in [0.05, 0.1) is 16.6 Å². The molecule has 0 saturated carbocycles. The standard InChI is InChI=1S/C8H3ClF2N2O3/c9-5-1-4(3-12)7(16-8(10)11)2-6(5)13(14)15/h1-2,8H. The average molecular weight is 249 g/mol. The zero-order valence-electron chi connectivity index (χ0n) is 7.49. The van der Waals surface area contributed by atoms with E-state index in [0.29, 0.717) is 6.07 Å². The van der Waals surface area contributed by atoms with Crippen LogP contribution in [0.4, 0.5) is 14.5 Å². The molecule has 0 radical (unpaired) electrons. The second kappa shape index (κ2) is 4.72. The molecule has 1 rings (SSSR count). The Kier molecular flexibility index (Phi) is 3.58. The molecule has 0 atom stereocenters. The number of ether oxygens (including phenoxy) is 1. The van der Waals surface area contributed by atoms with Gasteiger partial charge in [-0.25, -0.2) is 0 Å². The maximum absolute atomic E-state index is 11.9. The van der Waals surface area contributed by atoms with E-state index in [9.17, 15) is 18.9 Å². The summed E-state index contributed by atoms with van der Waals surface area (Å²) >= 11 is 5.48. The van der Waals surface area contributed by atoms with Crippen molar-refractivity contribution in [2.75, 3.05) is 0 Å². The van der Waals surface area contributed by atoms with Crippen molar-refractivity contribution in [3.05, 3.63) is 32.8 Å². The van der Waals surface area contributed by atoms with E-state index in [1.54, 1.807) is 6.07 Å². The fraction of sp³-hybridized carbons (Fsp3) is 0.125. The number of benzene rings is 1. The highest BCUT2D eigenvalue weighted by Gasteiger charge is 2.19. The number of nitriles is 1. The molecule has 0 spiro atoms. The molecule has 0 unspecified atom stereocenters.